The molecule has 0 spiro atoms. The molecule has 0 saturated heterocycles. The number of halogens is 1. The molecule has 2 aromatic carbocycles. The molecule has 1 N–H and O–H groups in total. The van der Waals surface area contributed by atoms with Crippen molar-refractivity contribution in [1.29, 1.82) is 0 Å². The van der Waals surface area contributed by atoms with E-state index in [1.165, 1.54) is 5.56 Å². The summed E-state index contributed by atoms with van der Waals surface area (Å²) in [5, 5.41) is 10.1. The van der Waals surface area contributed by atoms with Crippen molar-refractivity contribution in [3.05, 3.63) is 69.7 Å². The average Bonchev–Trinajstić information content (AvgIpc) is 2.29. The van der Waals surface area contributed by atoms with Gasteiger partial charge in [0.1, 0.15) is 0 Å². The normalized spacial score (nSPS) is 12.4. The highest BCUT2D eigenvalue weighted by molar-refractivity contribution is 9.10. The maximum Gasteiger partial charge on any atom is 0.0830 e. The summed E-state index contributed by atoms with van der Waals surface area (Å²) < 4.78 is 1.05. The number of hydrogen-bond donors (Lipinski definition) is 1. The minimum absolute atomic E-state index is 0.440. The molecule has 1 unspecified atom stereocenters. The van der Waals surface area contributed by atoms with Crippen molar-refractivity contribution in [3.8, 4) is 0 Å². The zero-order valence-electron chi connectivity index (χ0n) is 9.73. The molecule has 0 bridgehead atoms. The van der Waals surface area contributed by atoms with E-state index >= 15 is 0 Å². The minimum atomic E-state index is -0.440. The van der Waals surface area contributed by atoms with Crippen LogP contribution in [-0.2, 0) is 6.42 Å². The first-order chi connectivity index (χ1) is 8.15. The summed E-state index contributed by atoms with van der Waals surface area (Å²) in [5.74, 6) is 0. The lowest BCUT2D eigenvalue weighted by Crippen LogP contribution is -2.01. The smallest absolute Gasteiger partial charge is 0.0830 e. The Balaban J connectivity index is 2.11. The van der Waals surface area contributed by atoms with E-state index in [9.17, 15) is 5.11 Å². The summed E-state index contributed by atoms with van der Waals surface area (Å²) in [6.45, 7) is 2.05. The molecule has 0 aliphatic carbocycles. The van der Waals surface area contributed by atoms with Crippen LogP contribution in [0, 0.1) is 6.92 Å². The van der Waals surface area contributed by atoms with Gasteiger partial charge >= 0.3 is 0 Å². The second-order valence-electron chi connectivity index (χ2n) is 4.26. The molecular formula is C15H15BrO. The molecule has 0 aliphatic rings. The van der Waals surface area contributed by atoms with Gasteiger partial charge in [-0.15, -0.1) is 0 Å². The molecule has 1 atom stereocenters. The highest BCUT2D eigenvalue weighted by Crippen LogP contribution is 2.20. The van der Waals surface area contributed by atoms with Gasteiger partial charge in [0.2, 0.25) is 0 Å². The largest absolute Gasteiger partial charge is 0.388 e. The van der Waals surface area contributed by atoms with Crippen molar-refractivity contribution in [2.24, 2.45) is 0 Å². The molecule has 17 heavy (non-hydrogen) atoms. The molecule has 2 heteroatoms. The molecule has 0 heterocycles. The molecular weight excluding hydrogens is 276 g/mol. The SMILES string of the molecule is Cc1ccc(C(O)Cc2cccc(Br)c2)cc1. The average molecular weight is 291 g/mol. The summed E-state index contributed by atoms with van der Waals surface area (Å²) in [6.07, 6.45) is 0.201. The summed E-state index contributed by atoms with van der Waals surface area (Å²) in [5.41, 5.74) is 3.31. The Morgan fingerprint density at radius 1 is 1.12 bits per heavy atom. The summed E-state index contributed by atoms with van der Waals surface area (Å²) in [6, 6.07) is 16.1. The second kappa shape index (κ2) is 5.48. The number of benzene rings is 2. The Hall–Kier alpha value is -1.12. The van der Waals surface area contributed by atoms with E-state index < -0.39 is 6.10 Å². The fourth-order valence-electron chi connectivity index (χ4n) is 1.79. The van der Waals surface area contributed by atoms with Crippen LogP contribution in [0.1, 0.15) is 22.8 Å². The molecule has 0 radical (unpaired) electrons. The molecule has 0 saturated carbocycles. The van der Waals surface area contributed by atoms with Crippen LogP contribution in [-0.4, -0.2) is 5.11 Å². The third kappa shape index (κ3) is 3.42. The van der Waals surface area contributed by atoms with Crippen LogP contribution in [0.25, 0.3) is 0 Å². The molecule has 1 nitrogen and oxygen atoms in total. The standard InChI is InChI=1S/C15H15BrO/c1-11-5-7-13(8-6-11)15(17)10-12-3-2-4-14(16)9-12/h2-9,15,17H,10H2,1H3. The maximum atomic E-state index is 10.1. The number of rotatable bonds is 3. The van der Waals surface area contributed by atoms with Crippen LogP contribution in [0.2, 0.25) is 0 Å². The fraction of sp³-hybridized carbons (Fsp3) is 0.200. The van der Waals surface area contributed by atoms with Crippen molar-refractivity contribution in [2.45, 2.75) is 19.4 Å². The van der Waals surface area contributed by atoms with Crippen molar-refractivity contribution in [1.82, 2.24) is 0 Å². The molecule has 0 fully saturated rings. The monoisotopic (exact) mass is 290 g/mol. The first kappa shape index (κ1) is 12.3. The van der Waals surface area contributed by atoms with Gasteiger partial charge in [-0.2, -0.15) is 0 Å². The highest BCUT2D eigenvalue weighted by Gasteiger charge is 2.08. The lowest BCUT2D eigenvalue weighted by atomic mass is 10.0. The van der Waals surface area contributed by atoms with Gasteiger partial charge in [-0.1, -0.05) is 57.9 Å². The predicted molar refractivity (Wildman–Crippen MR) is 74.0 cm³/mol. The van der Waals surface area contributed by atoms with E-state index in [-0.39, 0.29) is 0 Å². The number of hydrogen-bond acceptors (Lipinski definition) is 1. The molecule has 0 aliphatic heterocycles. The van der Waals surface area contributed by atoms with Crippen LogP contribution in [0.15, 0.2) is 53.0 Å². The highest BCUT2D eigenvalue weighted by atomic mass is 79.9. The van der Waals surface area contributed by atoms with Gasteiger partial charge in [0.15, 0.2) is 0 Å². The van der Waals surface area contributed by atoms with Crippen LogP contribution >= 0.6 is 15.9 Å². The van der Waals surface area contributed by atoms with E-state index in [1.54, 1.807) is 0 Å². The topological polar surface area (TPSA) is 20.2 Å². The molecule has 2 aromatic rings. The first-order valence-electron chi connectivity index (χ1n) is 5.64. The van der Waals surface area contributed by atoms with E-state index in [0.29, 0.717) is 6.42 Å². The predicted octanol–water partition coefficient (Wildman–Crippen LogP) is 4.03. The van der Waals surface area contributed by atoms with Gasteiger partial charge < -0.3 is 5.11 Å². The van der Waals surface area contributed by atoms with Gasteiger partial charge in [-0.3, -0.25) is 0 Å². The molecule has 0 amide bonds. The fourth-order valence-corrected chi connectivity index (χ4v) is 2.24. The Morgan fingerprint density at radius 3 is 2.47 bits per heavy atom. The number of aliphatic hydroxyl groups excluding tert-OH is 1. The Morgan fingerprint density at radius 2 is 1.82 bits per heavy atom. The van der Waals surface area contributed by atoms with Gasteiger partial charge in [0, 0.05) is 10.9 Å². The Bertz CT molecular complexity index is 491. The number of aryl methyl sites for hydroxylation is 1. The summed E-state index contributed by atoms with van der Waals surface area (Å²) >= 11 is 3.44. The zero-order chi connectivity index (χ0) is 12.3. The van der Waals surface area contributed by atoms with Crippen LogP contribution in [0.3, 0.4) is 0 Å². The van der Waals surface area contributed by atoms with E-state index in [4.69, 9.17) is 0 Å². The zero-order valence-corrected chi connectivity index (χ0v) is 11.3. The van der Waals surface area contributed by atoms with Gasteiger partial charge in [-0.25, -0.2) is 0 Å². The van der Waals surface area contributed by atoms with E-state index in [2.05, 4.69) is 15.9 Å². The maximum absolute atomic E-state index is 10.1. The molecule has 2 rings (SSSR count). The van der Waals surface area contributed by atoms with Crippen molar-refractivity contribution < 1.29 is 5.11 Å². The minimum Gasteiger partial charge on any atom is -0.388 e. The molecule has 88 valence electrons. The van der Waals surface area contributed by atoms with Crippen molar-refractivity contribution >= 4 is 15.9 Å². The summed E-state index contributed by atoms with van der Waals surface area (Å²) in [4.78, 5) is 0. The van der Waals surface area contributed by atoms with E-state index in [1.807, 2.05) is 55.5 Å². The van der Waals surface area contributed by atoms with E-state index in [0.717, 1.165) is 15.6 Å². The third-order valence-electron chi connectivity index (χ3n) is 2.78. The van der Waals surface area contributed by atoms with Gasteiger partial charge in [-0.05, 0) is 30.2 Å². The van der Waals surface area contributed by atoms with Crippen LogP contribution in [0.4, 0.5) is 0 Å². The second-order valence-corrected chi connectivity index (χ2v) is 5.18. The Kier molecular flexibility index (Phi) is 3.97. The van der Waals surface area contributed by atoms with Crippen LogP contribution in [0.5, 0.6) is 0 Å². The third-order valence-corrected chi connectivity index (χ3v) is 3.27. The van der Waals surface area contributed by atoms with Crippen LogP contribution < -0.4 is 0 Å². The lowest BCUT2D eigenvalue weighted by molar-refractivity contribution is 0.178. The van der Waals surface area contributed by atoms with Gasteiger partial charge in [0.05, 0.1) is 6.10 Å². The molecule has 0 aromatic heterocycles. The first-order valence-corrected chi connectivity index (χ1v) is 6.43. The number of aliphatic hydroxyl groups is 1. The Labute approximate surface area is 110 Å². The van der Waals surface area contributed by atoms with Crippen molar-refractivity contribution in [2.75, 3.05) is 0 Å². The summed E-state index contributed by atoms with van der Waals surface area (Å²) in [7, 11) is 0. The van der Waals surface area contributed by atoms with Gasteiger partial charge in [0.25, 0.3) is 0 Å². The lowest BCUT2D eigenvalue weighted by Gasteiger charge is -2.11. The quantitative estimate of drug-likeness (QED) is 0.905. The van der Waals surface area contributed by atoms with Crippen molar-refractivity contribution in [3.63, 3.8) is 0 Å².